The van der Waals surface area contributed by atoms with Gasteiger partial charge in [0.2, 0.25) is 5.91 Å². The van der Waals surface area contributed by atoms with Gasteiger partial charge in [-0.1, -0.05) is 12.1 Å². The Morgan fingerprint density at radius 1 is 1.00 bits per heavy atom. The minimum absolute atomic E-state index is 0.0521. The summed E-state index contributed by atoms with van der Waals surface area (Å²) in [6, 6.07) is 14.6. The van der Waals surface area contributed by atoms with Crippen LogP contribution >= 0.6 is 0 Å². The van der Waals surface area contributed by atoms with Gasteiger partial charge in [-0.25, -0.2) is 0 Å². The second kappa shape index (κ2) is 8.73. The van der Waals surface area contributed by atoms with Crippen LogP contribution in [-0.4, -0.2) is 44.5 Å². The maximum Gasteiger partial charge on any atom is 0.253 e. The van der Waals surface area contributed by atoms with Crippen molar-refractivity contribution in [3.63, 3.8) is 0 Å². The van der Waals surface area contributed by atoms with Gasteiger partial charge in [0.15, 0.2) is 0 Å². The van der Waals surface area contributed by atoms with Gasteiger partial charge in [-0.2, -0.15) is 0 Å². The Hall–Kier alpha value is -3.02. The van der Waals surface area contributed by atoms with E-state index in [1.165, 1.54) is 4.90 Å². The van der Waals surface area contributed by atoms with Gasteiger partial charge in [0.1, 0.15) is 5.75 Å². The summed E-state index contributed by atoms with van der Waals surface area (Å²) in [5.74, 6) is 0.626. The minimum Gasteiger partial charge on any atom is -0.497 e. The van der Waals surface area contributed by atoms with Gasteiger partial charge in [0.05, 0.1) is 13.7 Å². The highest BCUT2D eigenvalue weighted by atomic mass is 16.5. The molecule has 0 aliphatic carbocycles. The van der Waals surface area contributed by atoms with Gasteiger partial charge in [-0.15, -0.1) is 0 Å². The van der Waals surface area contributed by atoms with Gasteiger partial charge in [-0.3, -0.25) is 9.59 Å². The minimum atomic E-state index is -0.107. The highest BCUT2D eigenvalue weighted by Gasteiger charge is 2.07. The van der Waals surface area contributed by atoms with E-state index in [9.17, 15) is 9.59 Å². The molecule has 0 saturated heterocycles. The van der Waals surface area contributed by atoms with Gasteiger partial charge < -0.3 is 20.3 Å². The predicted molar refractivity (Wildman–Crippen MR) is 97.8 cm³/mol. The predicted octanol–water partition coefficient (Wildman–Crippen LogP) is 2.13. The number of nitrogens with zero attached hydrogens (tertiary/aromatic N) is 1. The average Bonchev–Trinajstić information content (AvgIpc) is 2.64. The number of benzene rings is 2. The number of carbonyl (C=O) groups is 2. The van der Waals surface area contributed by atoms with Crippen molar-refractivity contribution in [2.24, 2.45) is 0 Å². The van der Waals surface area contributed by atoms with Crippen molar-refractivity contribution in [1.29, 1.82) is 0 Å². The normalized spacial score (nSPS) is 10.0. The lowest BCUT2D eigenvalue weighted by molar-refractivity contribution is -0.119. The van der Waals surface area contributed by atoms with E-state index < -0.39 is 0 Å². The number of anilines is 1. The third-order valence-electron chi connectivity index (χ3n) is 3.64. The molecule has 0 unspecified atom stereocenters. The molecule has 2 aromatic carbocycles. The van der Waals surface area contributed by atoms with Crippen LogP contribution in [0.15, 0.2) is 48.5 Å². The molecule has 0 aliphatic heterocycles. The number of rotatable bonds is 7. The number of methoxy groups -OCH3 is 1. The van der Waals surface area contributed by atoms with Crippen molar-refractivity contribution in [2.75, 3.05) is 33.1 Å². The van der Waals surface area contributed by atoms with Gasteiger partial charge in [0, 0.05) is 31.9 Å². The number of nitrogens with one attached hydrogen (secondary N) is 2. The molecule has 0 fully saturated rings. The molecule has 25 heavy (non-hydrogen) atoms. The molecule has 6 nitrogen and oxygen atoms in total. The molecule has 0 saturated carbocycles. The molecule has 0 atom stereocenters. The summed E-state index contributed by atoms with van der Waals surface area (Å²) >= 11 is 0. The summed E-state index contributed by atoms with van der Waals surface area (Å²) in [5.41, 5.74) is 2.40. The first kappa shape index (κ1) is 18.3. The summed E-state index contributed by atoms with van der Waals surface area (Å²) in [6.07, 6.45) is 0. The largest absolute Gasteiger partial charge is 0.497 e. The topological polar surface area (TPSA) is 70.7 Å². The number of carbonyl (C=O) groups excluding carboxylic acids is 2. The Morgan fingerprint density at radius 3 is 2.20 bits per heavy atom. The zero-order valence-corrected chi connectivity index (χ0v) is 14.7. The number of hydrogen-bond acceptors (Lipinski definition) is 4. The lowest BCUT2D eigenvalue weighted by Crippen LogP contribution is -2.29. The summed E-state index contributed by atoms with van der Waals surface area (Å²) in [4.78, 5) is 25.3. The third-order valence-corrected chi connectivity index (χ3v) is 3.64. The van der Waals surface area contributed by atoms with E-state index in [-0.39, 0.29) is 18.4 Å². The number of hydrogen-bond donors (Lipinski definition) is 2. The molecule has 0 bridgehead atoms. The van der Waals surface area contributed by atoms with Crippen LogP contribution in [0.25, 0.3) is 0 Å². The van der Waals surface area contributed by atoms with Crippen LogP contribution < -0.4 is 15.4 Å². The van der Waals surface area contributed by atoms with Gasteiger partial charge in [-0.05, 0) is 42.0 Å². The zero-order chi connectivity index (χ0) is 18.2. The van der Waals surface area contributed by atoms with Crippen LogP contribution in [0.5, 0.6) is 5.75 Å². The van der Waals surface area contributed by atoms with Crippen molar-refractivity contribution in [3.05, 3.63) is 59.7 Å². The quantitative estimate of drug-likeness (QED) is 0.809. The molecule has 0 aliphatic rings. The molecule has 0 aromatic heterocycles. The SMILES string of the molecule is COc1ccc(CNC(=O)CNc2ccc(C(=O)N(C)C)cc2)cc1. The van der Waals surface area contributed by atoms with Crippen molar-refractivity contribution in [1.82, 2.24) is 10.2 Å². The van der Waals surface area contributed by atoms with Crippen LogP contribution in [0.2, 0.25) is 0 Å². The fraction of sp³-hybridized carbons (Fsp3) is 0.263. The van der Waals surface area contributed by atoms with E-state index in [0.29, 0.717) is 12.1 Å². The van der Waals surface area contributed by atoms with Crippen molar-refractivity contribution in [3.8, 4) is 5.75 Å². The maximum absolute atomic E-state index is 11.9. The number of amides is 2. The summed E-state index contributed by atoms with van der Waals surface area (Å²) < 4.78 is 5.10. The fourth-order valence-electron chi connectivity index (χ4n) is 2.18. The van der Waals surface area contributed by atoms with E-state index in [4.69, 9.17) is 4.74 Å². The van der Waals surface area contributed by atoms with Crippen LogP contribution in [0.4, 0.5) is 5.69 Å². The Morgan fingerprint density at radius 2 is 1.64 bits per heavy atom. The molecule has 6 heteroatoms. The Balaban J connectivity index is 1.78. The number of ether oxygens (including phenoxy) is 1. The molecular weight excluding hydrogens is 318 g/mol. The summed E-state index contributed by atoms with van der Waals surface area (Å²) in [7, 11) is 5.04. The fourth-order valence-corrected chi connectivity index (χ4v) is 2.18. The molecular formula is C19H23N3O3. The van der Waals surface area contributed by atoms with Crippen LogP contribution in [-0.2, 0) is 11.3 Å². The second-order valence-corrected chi connectivity index (χ2v) is 5.76. The van der Waals surface area contributed by atoms with E-state index in [1.807, 2.05) is 24.3 Å². The van der Waals surface area contributed by atoms with E-state index in [1.54, 1.807) is 45.5 Å². The smallest absolute Gasteiger partial charge is 0.253 e. The van der Waals surface area contributed by atoms with E-state index in [2.05, 4.69) is 10.6 Å². The average molecular weight is 341 g/mol. The summed E-state index contributed by atoms with van der Waals surface area (Å²) in [5, 5.41) is 5.89. The molecule has 2 N–H and O–H groups in total. The first-order chi connectivity index (χ1) is 12.0. The van der Waals surface area contributed by atoms with Gasteiger partial charge >= 0.3 is 0 Å². The van der Waals surface area contributed by atoms with Crippen molar-refractivity contribution < 1.29 is 14.3 Å². The molecule has 0 radical (unpaired) electrons. The van der Waals surface area contributed by atoms with Crippen molar-refractivity contribution >= 4 is 17.5 Å². The molecule has 2 rings (SSSR count). The lowest BCUT2D eigenvalue weighted by Gasteiger charge is -2.11. The molecule has 0 spiro atoms. The Bertz CT molecular complexity index is 710. The van der Waals surface area contributed by atoms with E-state index in [0.717, 1.165) is 17.0 Å². The Kier molecular flexibility index (Phi) is 6.39. The van der Waals surface area contributed by atoms with Crippen LogP contribution in [0, 0.1) is 0 Å². The van der Waals surface area contributed by atoms with E-state index >= 15 is 0 Å². The highest BCUT2D eigenvalue weighted by molar-refractivity contribution is 5.94. The summed E-state index contributed by atoms with van der Waals surface area (Å²) in [6.45, 7) is 0.623. The Labute approximate surface area is 147 Å². The zero-order valence-electron chi connectivity index (χ0n) is 14.7. The standard InChI is InChI=1S/C19H23N3O3/c1-22(2)19(24)15-6-8-16(9-7-15)20-13-18(23)21-12-14-4-10-17(25-3)11-5-14/h4-11,20H,12-13H2,1-3H3,(H,21,23). The second-order valence-electron chi connectivity index (χ2n) is 5.76. The molecule has 0 heterocycles. The van der Waals surface area contributed by atoms with Crippen molar-refractivity contribution in [2.45, 2.75) is 6.54 Å². The first-order valence-electron chi connectivity index (χ1n) is 7.95. The monoisotopic (exact) mass is 341 g/mol. The lowest BCUT2D eigenvalue weighted by atomic mass is 10.2. The molecule has 132 valence electrons. The first-order valence-corrected chi connectivity index (χ1v) is 7.95. The highest BCUT2D eigenvalue weighted by Crippen LogP contribution is 2.12. The van der Waals surface area contributed by atoms with Crippen LogP contribution in [0.3, 0.4) is 0 Å². The van der Waals surface area contributed by atoms with Gasteiger partial charge in [0.25, 0.3) is 5.91 Å². The maximum atomic E-state index is 11.9. The molecule has 2 aromatic rings. The third kappa shape index (κ3) is 5.53. The molecule has 2 amide bonds. The van der Waals surface area contributed by atoms with Crippen LogP contribution in [0.1, 0.15) is 15.9 Å².